The minimum atomic E-state index is -2.32. The molecule has 0 aliphatic heterocycles. The van der Waals surface area contributed by atoms with Gasteiger partial charge in [-0.05, 0) is 66.3 Å². The molecule has 4 heterocycles. The van der Waals surface area contributed by atoms with Crippen molar-refractivity contribution >= 4 is 35.3 Å². The van der Waals surface area contributed by atoms with Crippen LogP contribution in [0.2, 0.25) is 19.6 Å². The fraction of sp³-hybridized carbons (Fsp3) is 0.308. The Labute approximate surface area is 290 Å². The summed E-state index contributed by atoms with van der Waals surface area (Å²) >= 11 is 0. The predicted octanol–water partition coefficient (Wildman–Crippen LogP) is 9.64. The molecule has 4 aromatic heterocycles. The number of nitrogens with zero attached hydrogens (tertiary/aromatic N) is 3. The minimum Gasteiger partial charge on any atom is -0.486 e. The van der Waals surface area contributed by atoms with Crippen molar-refractivity contribution < 1.29 is 31.4 Å². The smallest absolute Gasteiger partial charge is 0.216 e. The van der Waals surface area contributed by atoms with Crippen LogP contribution in [0.1, 0.15) is 51.4 Å². The zero-order valence-corrected chi connectivity index (χ0v) is 30.3. The first-order chi connectivity index (χ1) is 23.0. The van der Waals surface area contributed by atoms with E-state index in [0.29, 0.717) is 33.7 Å². The zero-order valence-electron chi connectivity index (χ0n) is 32.0. The van der Waals surface area contributed by atoms with Gasteiger partial charge in [-0.3, -0.25) is 0 Å². The van der Waals surface area contributed by atoms with E-state index < -0.39 is 21.3 Å². The van der Waals surface area contributed by atoms with Crippen LogP contribution in [0, 0.1) is 30.8 Å². The summed E-state index contributed by atoms with van der Waals surface area (Å²) in [5.74, 6) is 0.464. The number of benzene rings is 2. The molecule has 0 atom stereocenters. The number of hydrogen-bond donors (Lipinski definition) is 0. The fourth-order valence-corrected chi connectivity index (χ4v) is 6.87. The normalized spacial score (nSPS) is 13.8. The molecule has 6 rings (SSSR count). The van der Waals surface area contributed by atoms with Gasteiger partial charge in [0.05, 0.1) is 13.7 Å². The Hall–Kier alpha value is -3.44. The van der Waals surface area contributed by atoms with Crippen molar-refractivity contribution in [2.45, 2.75) is 67.0 Å². The Morgan fingerprint density at radius 2 is 1.71 bits per heavy atom. The molecule has 0 bridgehead atoms. The number of rotatable bonds is 7. The number of fused-ring (bicyclic) bond motifs is 3. The maximum absolute atomic E-state index is 8.36. The topological polar surface area (TPSA) is 51.8 Å². The van der Waals surface area contributed by atoms with E-state index in [9.17, 15) is 0 Å². The molecule has 0 unspecified atom stereocenters. The quantitative estimate of drug-likeness (QED) is 0.119. The van der Waals surface area contributed by atoms with E-state index >= 15 is 0 Å². The van der Waals surface area contributed by atoms with Gasteiger partial charge in [0.1, 0.15) is 0 Å². The number of hydrogen-bond acceptors (Lipinski definition) is 4. The molecular weight excluding hydrogens is 747 g/mol. The van der Waals surface area contributed by atoms with Crippen LogP contribution >= 0.6 is 0 Å². The molecule has 0 amide bonds. The van der Waals surface area contributed by atoms with Gasteiger partial charge in [0.2, 0.25) is 5.71 Å². The Morgan fingerprint density at radius 1 is 0.889 bits per heavy atom. The van der Waals surface area contributed by atoms with E-state index in [2.05, 4.69) is 78.9 Å². The number of furan rings is 1. The van der Waals surface area contributed by atoms with Crippen LogP contribution in [0.3, 0.4) is 0 Å². The number of pyridine rings is 3. The van der Waals surface area contributed by atoms with Gasteiger partial charge in [0, 0.05) is 50.4 Å². The summed E-state index contributed by atoms with van der Waals surface area (Å²) in [6.45, 7) is 13.1. The van der Waals surface area contributed by atoms with Crippen LogP contribution in [-0.2, 0) is 32.9 Å². The van der Waals surface area contributed by atoms with Crippen LogP contribution in [-0.4, -0.2) is 23.0 Å². The monoisotopic (exact) mass is 795 g/mol. The Kier molecular flexibility index (Phi) is 9.13. The number of aryl methyl sites for hydroxylation is 1. The van der Waals surface area contributed by atoms with Gasteiger partial charge in [-0.25, -0.2) is 4.98 Å². The second-order valence-electron chi connectivity index (χ2n) is 12.8. The van der Waals surface area contributed by atoms with Crippen molar-refractivity contribution in [3.8, 4) is 22.5 Å². The third-order valence-corrected chi connectivity index (χ3v) is 9.25. The van der Waals surface area contributed by atoms with Crippen LogP contribution < -0.4 is 5.19 Å². The summed E-state index contributed by atoms with van der Waals surface area (Å²) in [5.41, 5.74) is 5.95. The van der Waals surface area contributed by atoms with E-state index in [1.165, 1.54) is 16.8 Å². The SMILES string of the molecule is CC(C)Cc1cc(-c2[c-]cccc2)ncc1[Si](C)(C)C.[2H]C([2H])([2H])c1ccc2c(n1)oc1c(-c3cc(C([2H])([2H])C(C)C)ccn3)[c-]ccc12.[Ir]. The van der Waals surface area contributed by atoms with E-state index in [0.717, 1.165) is 23.1 Å². The molecule has 0 saturated carbocycles. The summed E-state index contributed by atoms with van der Waals surface area (Å²) in [7, 11) is -1.34. The first kappa shape index (κ1) is 27.8. The molecule has 45 heavy (non-hydrogen) atoms. The molecule has 2 aromatic carbocycles. The van der Waals surface area contributed by atoms with E-state index in [1.807, 2.05) is 38.1 Å². The predicted molar refractivity (Wildman–Crippen MR) is 187 cm³/mol. The molecule has 6 aromatic rings. The molecule has 6 heteroatoms. The molecule has 1 radical (unpaired) electrons. The van der Waals surface area contributed by atoms with Crippen molar-refractivity contribution in [3.05, 3.63) is 108 Å². The van der Waals surface area contributed by atoms with Crippen molar-refractivity contribution in [1.29, 1.82) is 0 Å². The maximum Gasteiger partial charge on any atom is 0.216 e. The zero-order chi connectivity index (χ0) is 35.7. The largest absolute Gasteiger partial charge is 0.486 e. The van der Waals surface area contributed by atoms with E-state index in [1.54, 1.807) is 30.5 Å². The van der Waals surface area contributed by atoms with Gasteiger partial charge in [-0.2, -0.15) is 0 Å². The Morgan fingerprint density at radius 3 is 2.40 bits per heavy atom. The van der Waals surface area contributed by atoms with Gasteiger partial charge < -0.3 is 14.4 Å². The second kappa shape index (κ2) is 14.8. The molecule has 4 nitrogen and oxygen atoms in total. The van der Waals surface area contributed by atoms with Gasteiger partial charge >= 0.3 is 0 Å². The Balaban J connectivity index is 0.000000236. The maximum atomic E-state index is 8.36. The average Bonchev–Trinajstić information content (AvgIpc) is 3.42. The molecule has 235 valence electrons. The molecule has 0 aliphatic carbocycles. The molecule has 0 aliphatic rings. The first-order valence-corrected chi connectivity index (χ1v) is 18.6. The fourth-order valence-electron chi connectivity index (χ4n) is 5.28. The van der Waals surface area contributed by atoms with Crippen LogP contribution in [0.5, 0.6) is 0 Å². The van der Waals surface area contributed by atoms with Crippen LogP contribution in [0.25, 0.3) is 44.6 Å². The van der Waals surface area contributed by atoms with Gasteiger partial charge in [-0.15, -0.1) is 54.1 Å². The Bertz CT molecular complexity index is 2070. The second-order valence-corrected chi connectivity index (χ2v) is 17.9. The molecular formula is C39H43IrN3OSi-2. The van der Waals surface area contributed by atoms with Crippen LogP contribution in [0.4, 0.5) is 0 Å². The standard InChI is InChI=1S/C21H19N2O.C18H24NSi.Ir/c1-13(2)11-15-9-10-22-19(12-15)18-6-4-5-16-17-8-7-14(3)23-21(17)24-20(16)18;1-14(2)11-16-12-17(15-9-7-6-8-10-15)19-13-18(16)20(3,4)5;/h4-5,7-10,12-13H,11H2,1-3H3;6-9,12-14H,11H2,1-5H3;/q2*-1;/i3D3,11D2;;. The summed E-state index contributed by atoms with van der Waals surface area (Å²) < 4.78 is 45.3. The summed E-state index contributed by atoms with van der Waals surface area (Å²) in [5, 5.41) is 2.97. The first-order valence-electron chi connectivity index (χ1n) is 17.6. The average molecular weight is 795 g/mol. The summed E-state index contributed by atoms with van der Waals surface area (Å²) in [4.78, 5) is 13.3. The number of aromatic nitrogens is 3. The minimum absolute atomic E-state index is 0. The van der Waals surface area contributed by atoms with Crippen LogP contribution in [0.15, 0.2) is 83.5 Å². The third-order valence-electron chi connectivity index (χ3n) is 7.18. The van der Waals surface area contributed by atoms with Crippen molar-refractivity contribution in [2.24, 2.45) is 11.8 Å². The van der Waals surface area contributed by atoms with Crippen molar-refractivity contribution in [3.63, 3.8) is 0 Å². The van der Waals surface area contributed by atoms with Gasteiger partial charge in [-0.1, -0.05) is 81.5 Å². The van der Waals surface area contributed by atoms with Gasteiger partial charge in [0.25, 0.3) is 0 Å². The molecule has 0 saturated heterocycles. The van der Waals surface area contributed by atoms with E-state index in [4.69, 9.17) is 11.3 Å². The van der Waals surface area contributed by atoms with Crippen molar-refractivity contribution in [2.75, 3.05) is 0 Å². The molecule has 0 fully saturated rings. The summed E-state index contributed by atoms with van der Waals surface area (Å²) in [6.07, 6.45) is 3.31. The van der Waals surface area contributed by atoms with Crippen molar-refractivity contribution in [1.82, 2.24) is 15.0 Å². The third kappa shape index (κ3) is 8.43. The summed E-state index contributed by atoms with van der Waals surface area (Å²) in [6, 6.07) is 26.9. The van der Waals surface area contributed by atoms with E-state index in [-0.39, 0.29) is 37.4 Å². The van der Waals surface area contributed by atoms with Gasteiger partial charge in [0.15, 0.2) is 0 Å². The molecule has 0 spiro atoms. The molecule has 0 N–H and O–H groups in total.